The van der Waals surface area contributed by atoms with E-state index in [2.05, 4.69) is 51.8 Å². The quantitative estimate of drug-likeness (QED) is 0.555. The predicted molar refractivity (Wildman–Crippen MR) is 93.4 cm³/mol. The largest absolute Gasteiger partial charge is 0.326 e. The molecule has 0 spiro atoms. The van der Waals surface area contributed by atoms with E-state index in [1.54, 1.807) is 0 Å². The lowest BCUT2D eigenvalue weighted by Gasteiger charge is -2.05. The van der Waals surface area contributed by atoms with Gasteiger partial charge < -0.3 is 4.57 Å². The van der Waals surface area contributed by atoms with E-state index in [0.717, 1.165) is 35.0 Å². The van der Waals surface area contributed by atoms with Gasteiger partial charge in [0.25, 0.3) is 0 Å². The van der Waals surface area contributed by atoms with Crippen molar-refractivity contribution in [2.45, 2.75) is 27.3 Å². The number of rotatable bonds is 2. The fourth-order valence-electron chi connectivity index (χ4n) is 3.25. The van der Waals surface area contributed by atoms with Crippen molar-refractivity contribution in [1.29, 1.82) is 0 Å². The summed E-state index contributed by atoms with van der Waals surface area (Å²) >= 11 is 0. The summed E-state index contributed by atoms with van der Waals surface area (Å²) in [5, 5.41) is 2.41. The van der Waals surface area contributed by atoms with Crippen molar-refractivity contribution >= 4 is 21.9 Å². The lowest BCUT2D eigenvalue weighted by Crippen LogP contribution is -1.96. The molecule has 0 aliphatic heterocycles. The van der Waals surface area contributed by atoms with Crippen LogP contribution in [0.3, 0.4) is 0 Å². The Bertz CT molecular complexity index is 1010. The number of hydrogen-bond acceptors (Lipinski definition) is 3. The Kier molecular flexibility index (Phi) is 3.11. The highest BCUT2D eigenvalue weighted by Gasteiger charge is 2.12. The summed E-state index contributed by atoms with van der Waals surface area (Å²) in [6.07, 6.45) is 1.91. The van der Waals surface area contributed by atoms with Gasteiger partial charge in [-0.2, -0.15) is 0 Å². The molecule has 4 nitrogen and oxygen atoms in total. The van der Waals surface area contributed by atoms with Gasteiger partial charge in [0.15, 0.2) is 0 Å². The molecular formula is C19H18N4. The van der Waals surface area contributed by atoms with Gasteiger partial charge >= 0.3 is 0 Å². The van der Waals surface area contributed by atoms with Crippen LogP contribution in [0.4, 0.5) is 0 Å². The maximum Gasteiger partial charge on any atom is 0.140 e. The summed E-state index contributed by atoms with van der Waals surface area (Å²) in [5.41, 5.74) is 5.19. The standard InChI is InChI=1S/C19H18N4/c1-4-23-18-8-6-5-7-15(18)16-10-14(11-20-19(16)23)17-9-12(2)21-13(3)22-17/h5-11H,4H2,1-3H3. The molecule has 114 valence electrons. The average Bonchev–Trinajstić information content (AvgIpc) is 2.87. The van der Waals surface area contributed by atoms with Gasteiger partial charge in [-0.25, -0.2) is 15.0 Å². The van der Waals surface area contributed by atoms with E-state index < -0.39 is 0 Å². The Hall–Kier alpha value is -2.75. The minimum atomic E-state index is 0.788. The molecule has 3 aromatic heterocycles. The molecule has 0 atom stereocenters. The van der Waals surface area contributed by atoms with Crippen LogP contribution in [0.25, 0.3) is 33.2 Å². The lowest BCUT2D eigenvalue weighted by molar-refractivity contribution is 0.816. The van der Waals surface area contributed by atoms with Crippen molar-refractivity contribution in [3.8, 4) is 11.3 Å². The highest BCUT2D eigenvalue weighted by molar-refractivity contribution is 6.07. The van der Waals surface area contributed by atoms with Gasteiger partial charge in [0, 0.05) is 34.8 Å². The maximum absolute atomic E-state index is 4.73. The third-order valence-corrected chi connectivity index (χ3v) is 4.19. The summed E-state index contributed by atoms with van der Waals surface area (Å²) in [7, 11) is 0. The average molecular weight is 302 g/mol. The molecule has 1 aromatic carbocycles. The van der Waals surface area contributed by atoms with Gasteiger partial charge in [0.2, 0.25) is 0 Å². The highest BCUT2D eigenvalue weighted by Crippen LogP contribution is 2.30. The Balaban J connectivity index is 2.03. The first-order chi connectivity index (χ1) is 11.2. The second-order valence-corrected chi connectivity index (χ2v) is 5.80. The third-order valence-electron chi connectivity index (χ3n) is 4.19. The summed E-state index contributed by atoms with van der Waals surface area (Å²) in [6.45, 7) is 6.97. The smallest absolute Gasteiger partial charge is 0.140 e. The van der Waals surface area contributed by atoms with E-state index in [0.29, 0.717) is 0 Å². The van der Waals surface area contributed by atoms with Gasteiger partial charge in [-0.1, -0.05) is 18.2 Å². The first kappa shape index (κ1) is 13.9. The normalized spacial score (nSPS) is 11.4. The van der Waals surface area contributed by atoms with Crippen molar-refractivity contribution in [1.82, 2.24) is 19.5 Å². The van der Waals surface area contributed by atoms with E-state index in [1.165, 1.54) is 16.3 Å². The van der Waals surface area contributed by atoms with Crippen LogP contribution in [0.2, 0.25) is 0 Å². The molecule has 0 N–H and O–H groups in total. The molecule has 4 aromatic rings. The molecular weight excluding hydrogens is 284 g/mol. The van der Waals surface area contributed by atoms with Crippen LogP contribution in [-0.4, -0.2) is 19.5 Å². The van der Waals surface area contributed by atoms with Crippen molar-refractivity contribution in [2.75, 3.05) is 0 Å². The monoisotopic (exact) mass is 302 g/mol. The molecule has 0 saturated heterocycles. The number of nitrogens with zero attached hydrogens (tertiary/aromatic N) is 4. The number of aryl methyl sites for hydroxylation is 3. The third kappa shape index (κ3) is 2.18. The Morgan fingerprint density at radius 2 is 1.83 bits per heavy atom. The van der Waals surface area contributed by atoms with Crippen LogP contribution < -0.4 is 0 Å². The fraction of sp³-hybridized carbons (Fsp3) is 0.211. The van der Waals surface area contributed by atoms with Crippen molar-refractivity contribution in [3.05, 3.63) is 54.1 Å². The van der Waals surface area contributed by atoms with Gasteiger partial charge in [-0.15, -0.1) is 0 Å². The van der Waals surface area contributed by atoms with Crippen molar-refractivity contribution < 1.29 is 0 Å². The zero-order valence-electron chi connectivity index (χ0n) is 13.5. The van der Waals surface area contributed by atoms with Gasteiger partial charge in [-0.05, 0) is 39.0 Å². The van der Waals surface area contributed by atoms with Gasteiger partial charge in [0.05, 0.1) is 11.2 Å². The number of pyridine rings is 1. The van der Waals surface area contributed by atoms with Gasteiger partial charge in [-0.3, -0.25) is 0 Å². The molecule has 0 fully saturated rings. The summed E-state index contributed by atoms with van der Waals surface area (Å²) in [4.78, 5) is 13.6. The van der Waals surface area contributed by atoms with Crippen LogP contribution >= 0.6 is 0 Å². The van der Waals surface area contributed by atoms with Crippen LogP contribution in [0, 0.1) is 13.8 Å². The highest BCUT2D eigenvalue weighted by atomic mass is 15.0. The predicted octanol–water partition coefficient (Wildman–Crippen LogP) is 4.28. The Morgan fingerprint density at radius 3 is 2.61 bits per heavy atom. The number of para-hydroxylation sites is 1. The molecule has 4 heteroatoms. The number of fused-ring (bicyclic) bond motifs is 3. The van der Waals surface area contributed by atoms with E-state index in [4.69, 9.17) is 4.98 Å². The molecule has 0 unspecified atom stereocenters. The van der Waals surface area contributed by atoms with Crippen LogP contribution in [0.1, 0.15) is 18.4 Å². The molecule has 0 bridgehead atoms. The second kappa shape index (κ2) is 5.16. The van der Waals surface area contributed by atoms with E-state index in [1.807, 2.05) is 26.1 Å². The zero-order chi connectivity index (χ0) is 16.0. The minimum Gasteiger partial charge on any atom is -0.326 e. The van der Waals surface area contributed by atoms with Crippen LogP contribution in [-0.2, 0) is 6.54 Å². The zero-order valence-corrected chi connectivity index (χ0v) is 13.5. The molecule has 0 aliphatic rings. The first-order valence-electron chi connectivity index (χ1n) is 7.87. The topological polar surface area (TPSA) is 43.6 Å². The van der Waals surface area contributed by atoms with Crippen LogP contribution in [0.5, 0.6) is 0 Å². The van der Waals surface area contributed by atoms with E-state index >= 15 is 0 Å². The summed E-state index contributed by atoms with van der Waals surface area (Å²) < 4.78 is 2.25. The first-order valence-corrected chi connectivity index (χ1v) is 7.87. The van der Waals surface area contributed by atoms with Crippen LogP contribution in [0.15, 0.2) is 42.6 Å². The maximum atomic E-state index is 4.73. The molecule has 23 heavy (non-hydrogen) atoms. The SMILES string of the molecule is CCn1c2ccccc2c2cc(-c3cc(C)nc(C)n3)cnc21. The molecule has 0 radical (unpaired) electrons. The molecule has 0 saturated carbocycles. The van der Waals surface area contributed by atoms with Gasteiger partial charge in [0.1, 0.15) is 11.5 Å². The summed E-state index contributed by atoms with van der Waals surface area (Å²) in [6, 6.07) is 12.7. The fourth-order valence-corrected chi connectivity index (χ4v) is 3.25. The van der Waals surface area contributed by atoms with E-state index in [9.17, 15) is 0 Å². The molecule has 0 aliphatic carbocycles. The second-order valence-electron chi connectivity index (χ2n) is 5.80. The van der Waals surface area contributed by atoms with E-state index in [-0.39, 0.29) is 0 Å². The van der Waals surface area contributed by atoms with Crippen molar-refractivity contribution in [2.24, 2.45) is 0 Å². The summed E-state index contributed by atoms with van der Waals surface area (Å²) in [5.74, 6) is 0.788. The molecule has 3 heterocycles. The number of aromatic nitrogens is 4. The Labute approximate surface area is 134 Å². The van der Waals surface area contributed by atoms with Crippen molar-refractivity contribution in [3.63, 3.8) is 0 Å². The Morgan fingerprint density at radius 1 is 1.00 bits per heavy atom. The minimum absolute atomic E-state index is 0.788. The molecule has 4 rings (SSSR count). The molecule has 0 amide bonds. The number of hydrogen-bond donors (Lipinski definition) is 0. The number of benzene rings is 1. The lowest BCUT2D eigenvalue weighted by atomic mass is 10.1.